The van der Waals surface area contributed by atoms with Gasteiger partial charge in [0, 0.05) is 22.6 Å². The first kappa shape index (κ1) is 27.6. The summed E-state index contributed by atoms with van der Waals surface area (Å²) in [4.78, 5) is 28.2. The molecule has 0 bridgehead atoms. The van der Waals surface area contributed by atoms with Crippen LogP contribution >= 0.6 is 11.8 Å². The topological polar surface area (TPSA) is 80.4 Å². The van der Waals surface area contributed by atoms with Gasteiger partial charge < -0.3 is 9.73 Å². The predicted octanol–water partition coefficient (Wildman–Crippen LogP) is 5.84. The summed E-state index contributed by atoms with van der Waals surface area (Å²) < 4.78 is 36.1. The van der Waals surface area contributed by atoms with Crippen molar-refractivity contribution in [3.8, 4) is 5.69 Å². The number of anilines is 1. The number of thioether (sulfide) groups is 1. The Morgan fingerprint density at radius 2 is 1.95 bits per heavy atom. The number of furan rings is 1. The molecule has 0 fully saturated rings. The average Bonchev–Trinajstić information content (AvgIpc) is 3.53. The zero-order valence-electron chi connectivity index (χ0n) is 22.7. The van der Waals surface area contributed by atoms with Gasteiger partial charge in [-0.15, -0.1) is 11.8 Å². The third kappa shape index (κ3) is 5.54. The number of hydrogen-bond acceptors (Lipinski definition) is 5. The molecule has 5 rings (SSSR count). The number of carbonyl (C=O) groups excluding carboxylic acids is 2. The number of halogens is 2. The van der Waals surface area contributed by atoms with E-state index in [0.717, 1.165) is 11.6 Å². The Kier molecular flexibility index (Phi) is 7.55. The number of carbonyl (C=O) groups is 2. The van der Waals surface area contributed by atoms with Crippen LogP contribution in [0.1, 0.15) is 54.2 Å². The number of hydrogen-bond donors (Lipinski definition) is 1. The van der Waals surface area contributed by atoms with Gasteiger partial charge in [-0.05, 0) is 42.8 Å². The minimum absolute atomic E-state index is 0.0149. The highest BCUT2D eigenvalue weighted by molar-refractivity contribution is 8.00. The quantitative estimate of drug-likeness (QED) is 0.319. The van der Waals surface area contributed by atoms with E-state index in [-0.39, 0.29) is 36.2 Å². The van der Waals surface area contributed by atoms with Crippen molar-refractivity contribution >= 4 is 29.4 Å². The van der Waals surface area contributed by atoms with Crippen LogP contribution in [0.3, 0.4) is 0 Å². The Labute approximate surface area is 235 Å². The molecule has 7 nitrogen and oxygen atoms in total. The van der Waals surface area contributed by atoms with Crippen molar-refractivity contribution in [1.29, 1.82) is 0 Å². The second-order valence-corrected chi connectivity index (χ2v) is 11.9. The van der Waals surface area contributed by atoms with Crippen molar-refractivity contribution in [2.24, 2.45) is 0 Å². The van der Waals surface area contributed by atoms with Crippen molar-refractivity contribution in [2.45, 2.75) is 44.9 Å². The molecule has 0 unspecified atom stereocenters. The van der Waals surface area contributed by atoms with Gasteiger partial charge in [-0.3, -0.25) is 14.5 Å². The highest BCUT2D eigenvalue weighted by atomic mass is 32.2. The van der Waals surface area contributed by atoms with Crippen LogP contribution in [0.25, 0.3) is 5.69 Å². The summed E-state index contributed by atoms with van der Waals surface area (Å²) in [6, 6.07) is 14.6. The maximum atomic E-state index is 15.3. The summed E-state index contributed by atoms with van der Waals surface area (Å²) in [5, 5.41) is 7.12. The van der Waals surface area contributed by atoms with Gasteiger partial charge in [0.15, 0.2) is 0 Å². The van der Waals surface area contributed by atoms with Gasteiger partial charge in [0.25, 0.3) is 0 Å². The van der Waals surface area contributed by atoms with E-state index in [1.165, 1.54) is 35.1 Å². The molecule has 2 amide bonds. The molecule has 208 valence electrons. The molecule has 0 radical (unpaired) electrons. The minimum atomic E-state index is -0.705. The molecule has 2 aromatic carbocycles. The lowest BCUT2D eigenvalue weighted by atomic mass is 9.87. The Morgan fingerprint density at radius 1 is 1.15 bits per heavy atom. The summed E-state index contributed by atoms with van der Waals surface area (Å²) in [5.74, 6) is -1.13. The maximum Gasteiger partial charge on any atom is 0.240 e. The zero-order valence-corrected chi connectivity index (χ0v) is 23.5. The predicted molar refractivity (Wildman–Crippen MR) is 151 cm³/mol. The smallest absolute Gasteiger partial charge is 0.240 e. The van der Waals surface area contributed by atoms with Crippen molar-refractivity contribution in [1.82, 2.24) is 15.1 Å². The van der Waals surface area contributed by atoms with Gasteiger partial charge in [-0.1, -0.05) is 39.0 Å². The van der Waals surface area contributed by atoms with E-state index in [4.69, 9.17) is 9.52 Å². The Bertz CT molecular complexity index is 1560. The number of nitrogens with zero attached hydrogens (tertiary/aromatic N) is 3. The van der Waals surface area contributed by atoms with Gasteiger partial charge >= 0.3 is 0 Å². The van der Waals surface area contributed by atoms with E-state index in [1.54, 1.807) is 16.8 Å². The Balaban J connectivity index is 1.69. The standard InChI is InChI=1S/C30H30F2N4O3S/c1-18-7-5-8-20(13-18)36-29-26(28(34-36)30(2,3)4)27(22-11-10-19(31)14-23(22)32)40-17-25(38)35(29)16-24(37)33-15-21-9-6-12-39-21/h5-14,27H,15-17H2,1-4H3,(H,33,37)/t27-/m0/s1. The summed E-state index contributed by atoms with van der Waals surface area (Å²) in [5.41, 5.74) is 2.70. The number of aromatic nitrogens is 2. The van der Waals surface area contributed by atoms with E-state index < -0.39 is 22.3 Å². The van der Waals surface area contributed by atoms with Gasteiger partial charge in [0.2, 0.25) is 11.8 Å². The van der Waals surface area contributed by atoms with Gasteiger partial charge in [0.1, 0.15) is 29.8 Å². The van der Waals surface area contributed by atoms with E-state index in [1.807, 2.05) is 52.0 Å². The van der Waals surface area contributed by atoms with E-state index in [0.29, 0.717) is 28.5 Å². The molecule has 0 aliphatic carbocycles. The maximum absolute atomic E-state index is 15.3. The fourth-order valence-corrected chi connectivity index (χ4v) is 5.99. The highest BCUT2D eigenvalue weighted by Gasteiger charge is 2.40. The number of amides is 2. The molecule has 40 heavy (non-hydrogen) atoms. The van der Waals surface area contributed by atoms with Crippen molar-refractivity contribution < 1.29 is 22.8 Å². The summed E-state index contributed by atoms with van der Waals surface area (Å²) in [6.07, 6.45) is 1.52. The molecular weight excluding hydrogens is 534 g/mol. The molecule has 1 N–H and O–H groups in total. The normalized spacial score (nSPS) is 15.6. The van der Waals surface area contributed by atoms with E-state index in [2.05, 4.69) is 5.32 Å². The summed E-state index contributed by atoms with van der Waals surface area (Å²) in [6.45, 7) is 7.83. The lowest BCUT2D eigenvalue weighted by Gasteiger charge is -2.24. The molecule has 3 heterocycles. The first-order valence-corrected chi connectivity index (χ1v) is 13.9. The highest BCUT2D eigenvalue weighted by Crippen LogP contribution is 2.49. The number of aryl methyl sites for hydroxylation is 1. The van der Waals surface area contributed by atoms with Gasteiger partial charge in [-0.2, -0.15) is 5.10 Å². The number of nitrogens with one attached hydrogen (secondary N) is 1. The fraction of sp³-hybridized carbons (Fsp3) is 0.300. The van der Waals surface area contributed by atoms with Crippen LogP contribution in [0.4, 0.5) is 14.6 Å². The number of benzene rings is 2. The lowest BCUT2D eigenvalue weighted by molar-refractivity contribution is -0.123. The molecule has 0 saturated carbocycles. The first-order valence-electron chi connectivity index (χ1n) is 12.9. The van der Waals surface area contributed by atoms with Crippen LogP contribution in [-0.4, -0.2) is 33.9 Å². The van der Waals surface area contributed by atoms with Crippen LogP contribution in [0.15, 0.2) is 65.3 Å². The summed E-state index contributed by atoms with van der Waals surface area (Å²) in [7, 11) is 0. The van der Waals surface area contributed by atoms with Crippen LogP contribution in [0.5, 0.6) is 0 Å². The number of rotatable bonds is 6. The second kappa shape index (κ2) is 10.9. The van der Waals surface area contributed by atoms with Gasteiger partial charge in [0.05, 0.1) is 35.2 Å². The minimum Gasteiger partial charge on any atom is -0.467 e. The largest absolute Gasteiger partial charge is 0.467 e. The van der Waals surface area contributed by atoms with Crippen molar-refractivity contribution in [3.05, 3.63) is 101 Å². The average molecular weight is 565 g/mol. The fourth-order valence-electron chi connectivity index (χ4n) is 4.77. The van der Waals surface area contributed by atoms with Crippen LogP contribution < -0.4 is 10.2 Å². The SMILES string of the molecule is Cc1cccc(-n2nc(C(C)(C)C)c3c2N(CC(=O)NCc2ccco2)C(=O)CS[C@H]3c2ccc(F)cc2F)c1. The third-order valence-corrected chi connectivity index (χ3v) is 7.87. The van der Waals surface area contributed by atoms with Crippen LogP contribution in [0.2, 0.25) is 0 Å². The molecule has 4 aromatic rings. The molecule has 0 saturated heterocycles. The molecule has 10 heteroatoms. The summed E-state index contributed by atoms with van der Waals surface area (Å²) >= 11 is 1.24. The lowest BCUT2D eigenvalue weighted by Crippen LogP contribution is -2.42. The molecular formula is C30H30F2N4O3S. The monoisotopic (exact) mass is 564 g/mol. The Morgan fingerprint density at radius 3 is 2.62 bits per heavy atom. The first-order chi connectivity index (χ1) is 19.0. The molecule has 1 aliphatic heterocycles. The van der Waals surface area contributed by atoms with Crippen molar-refractivity contribution in [3.63, 3.8) is 0 Å². The zero-order chi connectivity index (χ0) is 28.6. The van der Waals surface area contributed by atoms with Gasteiger partial charge in [-0.25, -0.2) is 13.5 Å². The second-order valence-electron chi connectivity index (χ2n) is 10.8. The Hall–Kier alpha value is -3.92. The molecule has 0 spiro atoms. The van der Waals surface area contributed by atoms with E-state index >= 15 is 4.39 Å². The number of fused-ring (bicyclic) bond motifs is 1. The molecule has 2 aromatic heterocycles. The molecule has 1 aliphatic rings. The third-order valence-electron chi connectivity index (χ3n) is 6.63. The van der Waals surface area contributed by atoms with Crippen molar-refractivity contribution in [2.75, 3.05) is 17.2 Å². The van der Waals surface area contributed by atoms with E-state index in [9.17, 15) is 14.0 Å². The van der Waals surface area contributed by atoms with Crippen LogP contribution in [0, 0.1) is 18.6 Å². The molecule has 1 atom stereocenters. The van der Waals surface area contributed by atoms with Crippen LogP contribution in [-0.2, 0) is 21.5 Å².